The number of H-pyrrole nitrogens is 1. The van der Waals surface area contributed by atoms with Crippen LogP contribution in [-0.4, -0.2) is 15.0 Å². The summed E-state index contributed by atoms with van der Waals surface area (Å²) in [4.78, 5) is 22.8. The Morgan fingerprint density at radius 2 is 1.86 bits per heavy atom. The summed E-state index contributed by atoms with van der Waals surface area (Å²) in [5, 5.41) is -0.0450. The Bertz CT molecular complexity index is 849. The topological polar surface area (TPSA) is 58.6 Å². The van der Waals surface area contributed by atoms with Crippen LogP contribution in [-0.2, 0) is 0 Å². The lowest BCUT2D eigenvalue weighted by atomic mass is 10.0. The zero-order valence-corrected chi connectivity index (χ0v) is 11.4. The molecule has 0 amide bonds. The van der Waals surface area contributed by atoms with Crippen molar-refractivity contribution in [3.63, 3.8) is 0 Å². The lowest BCUT2D eigenvalue weighted by Gasteiger charge is -2.08. The molecule has 3 rings (SSSR count). The molecule has 2 heterocycles. The standard InChI is InChI=1S/C15H9ClFN3O/c16-11-7-10(1-2-12(11)17)13-14(19-8-20-15(13)21)9-3-5-18-6-4-9/h1-8H,(H,19,20,21). The number of hydrogen-bond donors (Lipinski definition) is 1. The van der Waals surface area contributed by atoms with Crippen molar-refractivity contribution in [1.82, 2.24) is 15.0 Å². The molecule has 104 valence electrons. The van der Waals surface area contributed by atoms with Gasteiger partial charge in [-0.2, -0.15) is 0 Å². The average molecular weight is 302 g/mol. The van der Waals surface area contributed by atoms with Crippen LogP contribution < -0.4 is 5.56 Å². The molecule has 0 aliphatic heterocycles. The van der Waals surface area contributed by atoms with E-state index in [1.54, 1.807) is 24.5 Å². The molecular formula is C15H9ClFN3O. The molecule has 0 saturated carbocycles. The van der Waals surface area contributed by atoms with Crippen LogP contribution in [0.4, 0.5) is 4.39 Å². The van der Waals surface area contributed by atoms with E-state index < -0.39 is 5.82 Å². The van der Waals surface area contributed by atoms with Gasteiger partial charge in [0.2, 0.25) is 0 Å². The first-order chi connectivity index (χ1) is 10.2. The fourth-order valence-electron chi connectivity index (χ4n) is 2.05. The van der Waals surface area contributed by atoms with Crippen molar-refractivity contribution in [1.29, 1.82) is 0 Å². The second-order valence-corrected chi connectivity index (χ2v) is 4.73. The maximum Gasteiger partial charge on any atom is 0.259 e. The van der Waals surface area contributed by atoms with Gasteiger partial charge in [-0.3, -0.25) is 9.78 Å². The van der Waals surface area contributed by atoms with E-state index in [0.717, 1.165) is 5.56 Å². The van der Waals surface area contributed by atoms with Crippen molar-refractivity contribution >= 4 is 11.6 Å². The van der Waals surface area contributed by atoms with Crippen LogP contribution in [0.3, 0.4) is 0 Å². The van der Waals surface area contributed by atoms with Gasteiger partial charge < -0.3 is 4.98 Å². The lowest BCUT2D eigenvalue weighted by molar-refractivity contribution is 0.628. The minimum atomic E-state index is -0.536. The molecule has 3 aromatic rings. The molecule has 4 nitrogen and oxygen atoms in total. The van der Waals surface area contributed by atoms with Crippen molar-refractivity contribution in [3.05, 3.63) is 70.2 Å². The Morgan fingerprint density at radius 1 is 1.10 bits per heavy atom. The highest BCUT2D eigenvalue weighted by Gasteiger charge is 2.14. The van der Waals surface area contributed by atoms with Crippen LogP contribution in [0.2, 0.25) is 5.02 Å². The Morgan fingerprint density at radius 3 is 2.57 bits per heavy atom. The van der Waals surface area contributed by atoms with Gasteiger partial charge in [0.1, 0.15) is 5.82 Å². The second kappa shape index (κ2) is 5.46. The van der Waals surface area contributed by atoms with E-state index in [1.807, 2.05) is 0 Å². The van der Waals surface area contributed by atoms with Crippen molar-refractivity contribution in [2.75, 3.05) is 0 Å². The summed E-state index contributed by atoms with van der Waals surface area (Å²) in [6, 6.07) is 7.62. The van der Waals surface area contributed by atoms with Crippen LogP contribution in [0, 0.1) is 5.82 Å². The Labute approximate surface area is 124 Å². The SMILES string of the molecule is O=c1[nH]cnc(-c2ccncc2)c1-c1ccc(F)c(Cl)c1. The van der Waals surface area contributed by atoms with Gasteiger partial charge in [0.05, 0.1) is 22.6 Å². The van der Waals surface area contributed by atoms with Crippen LogP contribution in [0.25, 0.3) is 22.4 Å². The predicted octanol–water partition coefficient (Wildman–Crippen LogP) is 3.29. The number of aromatic nitrogens is 3. The van der Waals surface area contributed by atoms with Gasteiger partial charge >= 0.3 is 0 Å². The van der Waals surface area contributed by atoms with Gasteiger partial charge in [-0.25, -0.2) is 9.37 Å². The average Bonchev–Trinajstić information content (AvgIpc) is 2.51. The molecule has 2 aromatic heterocycles. The monoisotopic (exact) mass is 301 g/mol. The third-order valence-corrected chi connectivity index (χ3v) is 3.30. The highest BCUT2D eigenvalue weighted by Crippen LogP contribution is 2.29. The fourth-order valence-corrected chi connectivity index (χ4v) is 2.23. The van der Waals surface area contributed by atoms with Gasteiger partial charge in [-0.1, -0.05) is 17.7 Å². The third kappa shape index (κ3) is 2.55. The van der Waals surface area contributed by atoms with Crippen LogP contribution in [0.1, 0.15) is 0 Å². The van der Waals surface area contributed by atoms with Crippen LogP contribution in [0.15, 0.2) is 53.8 Å². The van der Waals surface area contributed by atoms with E-state index in [1.165, 1.54) is 24.5 Å². The molecular weight excluding hydrogens is 293 g/mol. The maximum atomic E-state index is 13.3. The third-order valence-electron chi connectivity index (χ3n) is 3.02. The molecule has 0 unspecified atom stereocenters. The zero-order chi connectivity index (χ0) is 14.8. The number of aromatic amines is 1. The number of nitrogens with zero attached hydrogens (tertiary/aromatic N) is 2. The molecule has 1 N–H and O–H groups in total. The minimum absolute atomic E-state index is 0.0450. The summed E-state index contributed by atoms with van der Waals surface area (Å²) in [6.07, 6.45) is 4.55. The Hall–Kier alpha value is -2.53. The number of nitrogens with one attached hydrogen (secondary N) is 1. The van der Waals surface area contributed by atoms with Crippen molar-refractivity contribution in [2.45, 2.75) is 0 Å². The highest BCUT2D eigenvalue weighted by molar-refractivity contribution is 6.31. The lowest BCUT2D eigenvalue weighted by Crippen LogP contribution is -2.11. The smallest absolute Gasteiger partial charge is 0.259 e. The van der Waals surface area contributed by atoms with Crippen molar-refractivity contribution < 1.29 is 4.39 Å². The molecule has 0 aliphatic rings. The molecule has 0 aliphatic carbocycles. The van der Waals surface area contributed by atoms with Crippen LogP contribution in [0.5, 0.6) is 0 Å². The quantitative estimate of drug-likeness (QED) is 0.790. The molecule has 0 fully saturated rings. The van der Waals surface area contributed by atoms with E-state index >= 15 is 0 Å². The predicted molar refractivity (Wildman–Crippen MR) is 78.5 cm³/mol. The zero-order valence-electron chi connectivity index (χ0n) is 10.7. The Balaban J connectivity index is 2.27. The summed E-state index contributed by atoms with van der Waals surface area (Å²) >= 11 is 5.80. The summed E-state index contributed by atoms with van der Waals surface area (Å²) in [5.41, 5.74) is 1.75. The molecule has 0 radical (unpaired) electrons. The second-order valence-electron chi connectivity index (χ2n) is 4.32. The number of benzene rings is 1. The summed E-state index contributed by atoms with van der Waals surface area (Å²) in [7, 11) is 0. The van der Waals surface area contributed by atoms with Gasteiger partial charge in [0.15, 0.2) is 0 Å². The highest BCUT2D eigenvalue weighted by atomic mass is 35.5. The Kier molecular flexibility index (Phi) is 3.50. The number of pyridine rings is 1. The van der Waals surface area contributed by atoms with Gasteiger partial charge in [-0.15, -0.1) is 0 Å². The molecule has 0 spiro atoms. The molecule has 0 saturated heterocycles. The van der Waals surface area contributed by atoms with E-state index in [9.17, 15) is 9.18 Å². The number of rotatable bonds is 2. The maximum absolute atomic E-state index is 13.3. The first-order valence-electron chi connectivity index (χ1n) is 6.10. The number of halogens is 2. The van der Waals surface area contributed by atoms with Gasteiger partial charge in [-0.05, 0) is 29.8 Å². The summed E-state index contributed by atoms with van der Waals surface area (Å²) < 4.78 is 13.3. The van der Waals surface area contributed by atoms with Gasteiger partial charge in [0, 0.05) is 18.0 Å². The first kappa shape index (κ1) is 13.5. The molecule has 6 heteroatoms. The first-order valence-corrected chi connectivity index (χ1v) is 6.48. The van der Waals surface area contributed by atoms with Gasteiger partial charge in [0.25, 0.3) is 5.56 Å². The van der Waals surface area contributed by atoms with E-state index in [-0.39, 0.29) is 10.6 Å². The van der Waals surface area contributed by atoms with Crippen molar-refractivity contribution in [2.24, 2.45) is 0 Å². The molecule has 1 aromatic carbocycles. The summed E-state index contributed by atoms with van der Waals surface area (Å²) in [6.45, 7) is 0. The van der Waals surface area contributed by atoms with E-state index in [0.29, 0.717) is 16.8 Å². The van der Waals surface area contributed by atoms with Crippen LogP contribution >= 0.6 is 11.6 Å². The minimum Gasteiger partial charge on any atom is -0.313 e. The molecule has 0 bridgehead atoms. The summed E-state index contributed by atoms with van der Waals surface area (Å²) in [5.74, 6) is -0.536. The largest absolute Gasteiger partial charge is 0.313 e. The molecule has 0 atom stereocenters. The molecule has 21 heavy (non-hydrogen) atoms. The number of hydrogen-bond acceptors (Lipinski definition) is 3. The van der Waals surface area contributed by atoms with E-state index in [4.69, 9.17) is 11.6 Å². The van der Waals surface area contributed by atoms with E-state index in [2.05, 4.69) is 15.0 Å². The normalized spacial score (nSPS) is 10.6. The fraction of sp³-hybridized carbons (Fsp3) is 0. The van der Waals surface area contributed by atoms with Crippen molar-refractivity contribution in [3.8, 4) is 22.4 Å².